The van der Waals surface area contributed by atoms with E-state index in [-0.39, 0.29) is 31.2 Å². The number of aliphatic hydroxyl groups excluding tert-OH is 2. The molecule has 3 rings (SSSR count). The minimum absolute atomic E-state index is 0.0627. The summed E-state index contributed by atoms with van der Waals surface area (Å²) >= 11 is 0. The molecule has 11 nitrogen and oxygen atoms in total. The number of rotatable bonds is 13. The van der Waals surface area contributed by atoms with Crippen LogP contribution >= 0.6 is 0 Å². The minimum Gasteiger partial charge on any atom is -0.504 e. The van der Waals surface area contributed by atoms with E-state index in [1.165, 1.54) is 7.11 Å². The molecule has 0 fully saturated rings. The van der Waals surface area contributed by atoms with Crippen molar-refractivity contribution >= 4 is 11.8 Å². The number of ether oxygens (including phenoxy) is 4. The lowest BCUT2D eigenvalue weighted by atomic mass is 10.0. The molecule has 3 aromatic carbocycles. The first-order chi connectivity index (χ1) is 18.2. The van der Waals surface area contributed by atoms with E-state index in [0.29, 0.717) is 22.6 Å². The van der Waals surface area contributed by atoms with Crippen molar-refractivity contribution in [2.24, 2.45) is 0 Å². The van der Waals surface area contributed by atoms with Gasteiger partial charge < -0.3 is 44.5 Å². The van der Waals surface area contributed by atoms with Crippen LogP contribution in [0.25, 0.3) is 0 Å². The van der Waals surface area contributed by atoms with Gasteiger partial charge in [-0.25, -0.2) is 4.79 Å². The molecule has 0 amide bonds. The Bertz CT molecular complexity index is 1200. The van der Waals surface area contributed by atoms with Gasteiger partial charge in [0.1, 0.15) is 43.5 Å². The van der Waals surface area contributed by atoms with Crippen LogP contribution in [0.15, 0.2) is 60.7 Å². The minimum atomic E-state index is -1.18. The predicted octanol–water partition coefficient (Wildman–Crippen LogP) is 2.02. The highest BCUT2D eigenvalue weighted by molar-refractivity contribution is 6.09. The highest BCUT2D eigenvalue weighted by atomic mass is 16.5. The lowest BCUT2D eigenvalue weighted by Gasteiger charge is -2.13. The molecule has 0 bridgehead atoms. The van der Waals surface area contributed by atoms with Crippen molar-refractivity contribution in [3.8, 4) is 28.7 Å². The number of ketones is 1. The molecule has 0 aliphatic rings. The highest BCUT2D eigenvalue weighted by Gasteiger charge is 2.17. The van der Waals surface area contributed by atoms with Crippen LogP contribution in [0.1, 0.15) is 26.3 Å². The van der Waals surface area contributed by atoms with E-state index in [1.807, 2.05) is 0 Å². The molecule has 38 heavy (non-hydrogen) atoms. The molecular formula is C27H28O11. The lowest BCUT2D eigenvalue weighted by Crippen LogP contribution is -2.25. The summed E-state index contributed by atoms with van der Waals surface area (Å²) in [5, 5.41) is 48.0. The number of aliphatic hydroxyl groups is 2. The molecule has 0 saturated carbocycles. The van der Waals surface area contributed by atoms with Crippen LogP contribution in [0.3, 0.4) is 0 Å². The summed E-state index contributed by atoms with van der Waals surface area (Å²) in [5.74, 6) is -2.42. The Morgan fingerprint density at radius 2 is 1.13 bits per heavy atom. The first kappa shape index (κ1) is 28.3. The number of aromatic hydroxyl groups is 3. The van der Waals surface area contributed by atoms with E-state index in [9.17, 15) is 35.1 Å². The second kappa shape index (κ2) is 13.3. The Balaban J connectivity index is 1.46. The fourth-order valence-electron chi connectivity index (χ4n) is 3.22. The van der Waals surface area contributed by atoms with Crippen LogP contribution in [0.4, 0.5) is 0 Å². The SMILES string of the molecule is COCC(O)COc1ccc(C(=O)c2ccc(OCC(O)COC(=O)c3cc(O)c(O)c(O)c3)cc2)cc1. The first-order valence-corrected chi connectivity index (χ1v) is 11.5. The van der Waals surface area contributed by atoms with Crippen LogP contribution in [0.5, 0.6) is 28.7 Å². The number of benzene rings is 3. The molecule has 2 atom stereocenters. The molecule has 0 saturated heterocycles. The molecule has 0 aliphatic carbocycles. The van der Waals surface area contributed by atoms with Crippen molar-refractivity contribution in [3.63, 3.8) is 0 Å². The van der Waals surface area contributed by atoms with Gasteiger partial charge in [0, 0.05) is 18.2 Å². The topological polar surface area (TPSA) is 172 Å². The van der Waals surface area contributed by atoms with Crippen LogP contribution in [0.2, 0.25) is 0 Å². The monoisotopic (exact) mass is 528 g/mol. The summed E-state index contributed by atoms with van der Waals surface area (Å²) in [7, 11) is 1.48. The average Bonchev–Trinajstić information content (AvgIpc) is 2.92. The maximum atomic E-state index is 12.7. The van der Waals surface area contributed by atoms with Gasteiger partial charge in [0.15, 0.2) is 23.0 Å². The van der Waals surface area contributed by atoms with Gasteiger partial charge in [0.2, 0.25) is 0 Å². The second-order valence-corrected chi connectivity index (χ2v) is 8.22. The second-order valence-electron chi connectivity index (χ2n) is 8.22. The van der Waals surface area contributed by atoms with Crippen LogP contribution in [-0.4, -0.2) is 83.0 Å². The van der Waals surface area contributed by atoms with E-state index in [2.05, 4.69) is 0 Å². The molecule has 3 aromatic rings. The van der Waals surface area contributed by atoms with Crippen LogP contribution < -0.4 is 9.47 Å². The zero-order valence-electron chi connectivity index (χ0n) is 20.4. The number of phenolic OH excluding ortho intramolecular Hbond substituents is 3. The summed E-state index contributed by atoms with van der Waals surface area (Å²) < 4.78 is 20.7. The van der Waals surface area contributed by atoms with Crippen LogP contribution in [0, 0.1) is 0 Å². The number of carbonyl (C=O) groups is 2. The molecule has 11 heteroatoms. The number of methoxy groups -OCH3 is 1. The number of carbonyl (C=O) groups excluding carboxylic acids is 2. The van der Waals surface area contributed by atoms with Crippen LogP contribution in [-0.2, 0) is 9.47 Å². The molecule has 0 radical (unpaired) electrons. The third kappa shape index (κ3) is 7.84. The molecule has 0 aliphatic heterocycles. The van der Waals surface area contributed by atoms with E-state index in [4.69, 9.17) is 18.9 Å². The number of hydrogen-bond acceptors (Lipinski definition) is 11. The van der Waals surface area contributed by atoms with Crippen molar-refractivity contribution in [2.45, 2.75) is 12.2 Å². The van der Waals surface area contributed by atoms with E-state index in [1.54, 1.807) is 48.5 Å². The van der Waals surface area contributed by atoms with Crippen molar-refractivity contribution in [3.05, 3.63) is 77.4 Å². The Kier molecular flexibility index (Phi) is 9.88. The van der Waals surface area contributed by atoms with Gasteiger partial charge in [-0.15, -0.1) is 0 Å². The molecule has 0 spiro atoms. The third-order valence-corrected chi connectivity index (χ3v) is 5.19. The summed E-state index contributed by atoms with van der Waals surface area (Å²) in [5.41, 5.74) is 0.640. The Hall–Kier alpha value is -4.32. The summed E-state index contributed by atoms with van der Waals surface area (Å²) in [6.07, 6.45) is -1.94. The Labute approximate surface area is 218 Å². The van der Waals surface area contributed by atoms with Gasteiger partial charge in [-0.1, -0.05) is 0 Å². The Morgan fingerprint density at radius 3 is 1.58 bits per heavy atom. The summed E-state index contributed by atoms with van der Waals surface area (Å²) in [4.78, 5) is 24.8. The largest absolute Gasteiger partial charge is 0.504 e. The van der Waals surface area contributed by atoms with Crippen molar-refractivity contribution in [1.29, 1.82) is 0 Å². The van der Waals surface area contributed by atoms with Gasteiger partial charge in [-0.3, -0.25) is 4.79 Å². The maximum Gasteiger partial charge on any atom is 0.338 e. The molecule has 202 valence electrons. The van der Waals surface area contributed by atoms with Crippen molar-refractivity contribution < 1.29 is 54.1 Å². The Morgan fingerprint density at radius 1 is 0.684 bits per heavy atom. The molecule has 0 heterocycles. The summed E-state index contributed by atoms with van der Waals surface area (Å²) in [6, 6.07) is 14.6. The van der Waals surface area contributed by atoms with E-state index < -0.39 is 42.0 Å². The van der Waals surface area contributed by atoms with E-state index in [0.717, 1.165) is 12.1 Å². The van der Waals surface area contributed by atoms with Gasteiger partial charge >= 0.3 is 5.97 Å². The standard InChI is InChI=1S/C27H28O11/c1-35-12-19(28)13-36-21-6-2-16(3-7-21)25(32)17-4-8-22(9-5-17)37-14-20(29)15-38-27(34)18-10-23(30)26(33)24(31)11-18/h2-11,19-20,28-31,33H,12-15H2,1H3. The molecule has 0 aromatic heterocycles. The predicted molar refractivity (Wildman–Crippen MR) is 133 cm³/mol. The summed E-state index contributed by atoms with van der Waals surface area (Å²) in [6.45, 7) is -0.425. The average molecular weight is 529 g/mol. The van der Waals surface area contributed by atoms with Crippen molar-refractivity contribution in [1.82, 2.24) is 0 Å². The third-order valence-electron chi connectivity index (χ3n) is 5.19. The number of esters is 1. The molecule has 5 N–H and O–H groups in total. The van der Waals surface area contributed by atoms with E-state index >= 15 is 0 Å². The number of phenols is 3. The fraction of sp³-hybridized carbons (Fsp3) is 0.259. The lowest BCUT2D eigenvalue weighted by molar-refractivity contribution is 0.0130. The van der Waals surface area contributed by atoms with Gasteiger partial charge in [0.25, 0.3) is 0 Å². The normalized spacial score (nSPS) is 12.4. The van der Waals surface area contributed by atoms with Gasteiger partial charge in [0.05, 0.1) is 12.2 Å². The highest BCUT2D eigenvalue weighted by Crippen LogP contribution is 2.35. The fourth-order valence-corrected chi connectivity index (χ4v) is 3.22. The molecule has 2 unspecified atom stereocenters. The van der Waals surface area contributed by atoms with Gasteiger partial charge in [-0.2, -0.15) is 0 Å². The molecular weight excluding hydrogens is 500 g/mol. The quantitative estimate of drug-likeness (QED) is 0.125. The first-order valence-electron chi connectivity index (χ1n) is 11.5. The maximum absolute atomic E-state index is 12.7. The smallest absolute Gasteiger partial charge is 0.338 e. The zero-order chi connectivity index (χ0) is 27.7. The number of hydrogen-bond donors (Lipinski definition) is 5. The van der Waals surface area contributed by atoms with Gasteiger partial charge in [-0.05, 0) is 60.7 Å². The van der Waals surface area contributed by atoms with Crippen molar-refractivity contribution in [2.75, 3.05) is 33.5 Å². The zero-order valence-corrected chi connectivity index (χ0v) is 20.4.